The predicted octanol–water partition coefficient (Wildman–Crippen LogP) is 0.218. The molecule has 140 valence electrons. The number of likely N-dealkylation sites (N-methyl/N-ethyl adjacent to an activating group) is 1. The summed E-state index contributed by atoms with van der Waals surface area (Å²) in [5.74, 6) is -0.352. The van der Waals surface area contributed by atoms with Crippen molar-refractivity contribution in [3.05, 3.63) is 71.8 Å². The molecule has 1 aliphatic rings. The molecule has 0 aromatic heterocycles. The molecular weight excluding hydrogens is 350 g/mol. The summed E-state index contributed by atoms with van der Waals surface area (Å²) in [4.78, 5) is 15.6. The molecule has 1 unspecified atom stereocenters. The van der Waals surface area contributed by atoms with E-state index in [1.165, 1.54) is 0 Å². The lowest BCUT2D eigenvalue weighted by Crippen LogP contribution is -3.00. The van der Waals surface area contributed by atoms with Crippen LogP contribution in [0.25, 0.3) is 0 Å². The number of nitrogens with zero attached hydrogens (tertiary/aromatic N) is 1. The van der Waals surface area contributed by atoms with Gasteiger partial charge < -0.3 is 21.9 Å². The zero-order chi connectivity index (χ0) is 17.7. The van der Waals surface area contributed by atoms with Crippen molar-refractivity contribution >= 4 is 5.97 Å². The molecule has 0 radical (unpaired) electrons. The smallest absolute Gasteiger partial charge is 0.348 e. The number of carbonyl (C=O) groups is 1. The van der Waals surface area contributed by atoms with Gasteiger partial charge in [-0.25, -0.2) is 4.79 Å². The Morgan fingerprint density at radius 1 is 1.08 bits per heavy atom. The molecule has 1 atom stereocenters. The molecule has 3 rings (SSSR count). The molecule has 1 fully saturated rings. The zero-order valence-electron chi connectivity index (χ0n) is 15.2. The molecule has 0 saturated carbocycles. The quantitative estimate of drug-likeness (QED) is 0.678. The van der Waals surface area contributed by atoms with Crippen LogP contribution in [0.4, 0.5) is 0 Å². The molecule has 0 aliphatic carbocycles. The number of methoxy groups -OCH3 is 1. The van der Waals surface area contributed by atoms with Gasteiger partial charge in [-0.15, -0.1) is 0 Å². The fraction of sp³-hybridized carbons (Fsp3) is 0.381. The van der Waals surface area contributed by atoms with Crippen LogP contribution >= 0.6 is 0 Å². The van der Waals surface area contributed by atoms with E-state index in [1.807, 2.05) is 60.7 Å². The highest BCUT2D eigenvalue weighted by molar-refractivity contribution is 5.86. The Morgan fingerprint density at radius 2 is 1.62 bits per heavy atom. The third-order valence-electron chi connectivity index (χ3n) is 4.90. The van der Waals surface area contributed by atoms with Gasteiger partial charge in [0.15, 0.2) is 0 Å². The zero-order valence-corrected chi connectivity index (χ0v) is 16.0. The molecule has 4 nitrogen and oxygen atoms in total. The minimum Gasteiger partial charge on any atom is -1.00 e. The van der Waals surface area contributed by atoms with Crippen molar-refractivity contribution in [2.24, 2.45) is 0 Å². The van der Waals surface area contributed by atoms with E-state index in [0.717, 1.165) is 37.2 Å². The molecule has 1 heterocycles. The SMILES string of the molecule is CCN1CCC(OC(=O)C(OC)(c2ccccc2)c2ccccc2)C1.[Cl-]. The highest BCUT2D eigenvalue weighted by Gasteiger charge is 2.45. The molecule has 1 saturated heterocycles. The van der Waals surface area contributed by atoms with Crippen LogP contribution in [-0.4, -0.2) is 43.7 Å². The van der Waals surface area contributed by atoms with E-state index in [0.29, 0.717) is 0 Å². The van der Waals surface area contributed by atoms with E-state index in [9.17, 15) is 4.79 Å². The average Bonchev–Trinajstić information content (AvgIpc) is 3.12. The number of halogens is 1. The Hall–Kier alpha value is -1.88. The first-order chi connectivity index (χ1) is 12.2. The number of likely N-dealkylation sites (tertiary alicyclic amines) is 1. The van der Waals surface area contributed by atoms with Crippen LogP contribution in [0, 0.1) is 0 Å². The first-order valence-corrected chi connectivity index (χ1v) is 8.80. The van der Waals surface area contributed by atoms with Gasteiger partial charge in [0.1, 0.15) is 6.10 Å². The van der Waals surface area contributed by atoms with Crippen LogP contribution in [0.1, 0.15) is 24.5 Å². The van der Waals surface area contributed by atoms with E-state index in [4.69, 9.17) is 9.47 Å². The standard InChI is InChI=1S/C21H25NO3.ClH/c1-3-22-15-14-19(16-22)25-20(23)21(24-2,17-10-6-4-7-11-17)18-12-8-5-9-13-18;/h4-13,19H,3,14-16H2,1-2H3;1H/p-1. The molecule has 0 spiro atoms. The fourth-order valence-electron chi connectivity index (χ4n) is 3.48. The lowest BCUT2D eigenvalue weighted by atomic mass is 9.86. The summed E-state index contributed by atoms with van der Waals surface area (Å²) in [6, 6.07) is 19.1. The molecule has 0 N–H and O–H groups in total. The maximum atomic E-state index is 13.3. The van der Waals surface area contributed by atoms with Gasteiger partial charge in [-0.3, -0.25) is 4.90 Å². The minimum absolute atomic E-state index is 0. The van der Waals surface area contributed by atoms with Crippen LogP contribution in [0.3, 0.4) is 0 Å². The van der Waals surface area contributed by atoms with Crippen molar-refractivity contribution in [2.75, 3.05) is 26.7 Å². The number of hydrogen-bond acceptors (Lipinski definition) is 4. The third-order valence-corrected chi connectivity index (χ3v) is 4.90. The minimum atomic E-state index is -1.25. The summed E-state index contributed by atoms with van der Waals surface area (Å²) < 4.78 is 11.8. The van der Waals surface area contributed by atoms with Gasteiger partial charge in [0.05, 0.1) is 0 Å². The summed E-state index contributed by atoms with van der Waals surface area (Å²) in [6.45, 7) is 4.84. The average molecular weight is 375 g/mol. The van der Waals surface area contributed by atoms with Crippen molar-refractivity contribution in [2.45, 2.75) is 25.0 Å². The third kappa shape index (κ3) is 3.93. The maximum absolute atomic E-state index is 13.3. The van der Waals surface area contributed by atoms with Crippen LogP contribution < -0.4 is 12.4 Å². The maximum Gasteiger partial charge on any atom is 0.348 e. The predicted molar refractivity (Wildman–Crippen MR) is 97.3 cm³/mol. The van der Waals surface area contributed by atoms with E-state index >= 15 is 0 Å². The summed E-state index contributed by atoms with van der Waals surface area (Å²) in [5.41, 5.74) is 0.306. The Morgan fingerprint density at radius 3 is 2.04 bits per heavy atom. The largest absolute Gasteiger partial charge is 1.00 e. The van der Waals surface area contributed by atoms with Gasteiger partial charge in [-0.1, -0.05) is 67.6 Å². The Labute approximate surface area is 161 Å². The van der Waals surface area contributed by atoms with Crippen molar-refractivity contribution in [1.29, 1.82) is 0 Å². The van der Waals surface area contributed by atoms with Crippen molar-refractivity contribution in [3.63, 3.8) is 0 Å². The van der Waals surface area contributed by atoms with Crippen molar-refractivity contribution in [1.82, 2.24) is 4.90 Å². The number of carbonyl (C=O) groups excluding carboxylic acids is 1. The summed E-state index contributed by atoms with van der Waals surface area (Å²) in [5, 5.41) is 0. The van der Waals surface area contributed by atoms with Crippen LogP contribution in [-0.2, 0) is 19.9 Å². The topological polar surface area (TPSA) is 38.8 Å². The van der Waals surface area contributed by atoms with E-state index in [2.05, 4.69) is 11.8 Å². The Balaban J connectivity index is 0.00000243. The van der Waals surface area contributed by atoms with Gasteiger partial charge in [0.2, 0.25) is 5.60 Å². The van der Waals surface area contributed by atoms with Crippen molar-refractivity contribution in [3.8, 4) is 0 Å². The first-order valence-electron chi connectivity index (χ1n) is 8.80. The van der Waals surface area contributed by atoms with Gasteiger partial charge in [0, 0.05) is 20.2 Å². The number of benzene rings is 2. The van der Waals surface area contributed by atoms with E-state index in [1.54, 1.807) is 7.11 Å². The molecule has 0 amide bonds. The molecule has 2 aromatic rings. The first kappa shape index (κ1) is 20.4. The van der Waals surface area contributed by atoms with Gasteiger partial charge in [-0.05, 0) is 24.1 Å². The summed E-state index contributed by atoms with van der Waals surface area (Å²) in [6.07, 6.45) is 0.776. The monoisotopic (exact) mass is 374 g/mol. The number of rotatable bonds is 6. The second-order valence-corrected chi connectivity index (χ2v) is 6.33. The van der Waals surface area contributed by atoms with Gasteiger partial charge >= 0.3 is 5.97 Å². The molecule has 26 heavy (non-hydrogen) atoms. The number of ether oxygens (including phenoxy) is 2. The second-order valence-electron chi connectivity index (χ2n) is 6.33. The number of hydrogen-bond donors (Lipinski definition) is 0. The Kier molecular flexibility index (Phi) is 7.21. The highest BCUT2D eigenvalue weighted by Crippen LogP contribution is 2.35. The van der Waals surface area contributed by atoms with Gasteiger partial charge in [0.25, 0.3) is 0 Å². The van der Waals surface area contributed by atoms with E-state index in [-0.39, 0.29) is 24.5 Å². The second kappa shape index (κ2) is 9.17. The molecule has 2 aromatic carbocycles. The highest BCUT2D eigenvalue weighted by atomic mass is 35.5. The van der Waals surface area contributed by atoms with Crippen LogP contribution in [0.15, 0.2) is 60.7 Å². The number of esters is 1. The van der Waals surface area contributed by atoms with Crippen molar-refractivity contribution < 1.29 is 26.7 Å². The van der Waals surface area contributed by atoms with Gasteiger partial charge in [-0.2, -0.15) is 0 Å². The molecule has 1 aliphatic heterocycles. The lowest BCUT2D eigenvalue weighted by molar-refractivity contribution is -0.170. The normalized spacial score (nSPS) is 17.5. The summed E-state index contributed by atoms with van der Waals surface area (Å²) in [7, 11) is 1.56. The van der Waals surface area contributed by atoms with E-state index < -0.39 is 5.60 Å². The fourth-order valence-corrected chi connectivity index (χ4v) is 3.48. The lowest BCUT2D eigenvalue weighted by Gasteiger charge is -2.32. The Bertz CT molecular complexity index is 653. The van der Waals surface area contributed by atoms with Crippen LogP contribution in [0.2, 0.25) is 0 Å². The molecule has 0 bridgehead atoms. The van der Waals surface area contributed by atoms with Crippen LogP contribution in [0.5, 0.6) is 0 Å². The molecular formula is C21H25ClNO3-. The molecule has 5 heteroatoms. The summed E-state index contributed by atoms with van der Waals surface area (Å²) >= 11 is 0.